The minimum Gasteiger partial charge on any atom is -0.399 e. The van der Waals surface area contributed by atoms with Gasteiger partial charge in [0.05, 0.1) is 11.2 Å². The average molecular weight is 552 g/mol. The first-order valence-electron chi connectivity index (χ1n) is 15.6. The van der Waals surface area contributed by atoms with Crippen LogP contribution < -0.4 is 10.8 Å². The van der Waals surface area contributed by atoms with Crippen molar-refractivity contribution in [3.8, 4) is 11.1 Å². The zero-order valence-electron chi connectivity index (χ0n) is 25.5. The number of carbonyl (C=O) groups excluding carboxylic acids is 1. The lowest BCUT2D eigenvalue weighted by Crippen LogP contribution is -2.41. The van der Waals surface area contributed by atoms with E-state index >= 15 is 0 Å². The fraction of sp³-hybridized carbons (Fsp3) is 0.472. The molecular formula is C36H46BNO3. The number of unbranched alkanes of at least 4 members (excludes halogenated alkanes) is 2. The molecular weight excluding hydrogens is 505 g/mol. The summed E-state index contributed by atoms with van der Waals surface area (Å²) in [4.78, 5) is 12.9. The molecule has 5 rings (SSSR count). The van der Waals surface area contributed by atoms with E-state index in [4.69, 9.17) is 9.31 Å². The predicted octanol–water partition coefficient (Wildman–Crippen LogP) is 8.76. The Balaban J connectivity index is 1.14. The minimum atomic E-state index is -0.415. The molecule has 1 saturated carbocycles. The van der Waals surface area contributed by atoms with E-state index in [2.05, 4.69) is 36.5 Å². The van der Waals surface area contributed by atoms with Crippen molar-refractivity contribution in [2.24, 2.45) is 5.92 Å². The maximum atomic E-state index is 12.9. The van der Waals surface area contributed by atoms with E-state index in [9.17, 15) is 4.79 Å². The van der Waals surface area contributed by atoms with Gasteiger partial charge in [-0.1, -0.05) is 81.1 Å². The van der Waals surface area contributed by atoms with Crippen LogP contribution in [0.15, 0.2) is 72.8 Å². The molecule has 1 amide bonds. The summed E-state index contributed by atoms with van der Waals surface area (Å²) in [5.41, 5.74) is 5.33. The van der Waals surface area contributed by atoms with Crippen molar-refractivity contribution in [1.82, 2.24) is 0 Å². The third-order valence-corrected chi connectivity index (χ3v) is 9.62. The molecule has 0 spiro atoms. The van der Waals surface area contributed by atoms with Gasteiger partial charge in [0.1, 0.15) is 0 Å². The Labute approximate surface area is 247 Å². The van der Waals surface area contributed by atoms with Crippen LogP contribution in [0.25, 0.3) is 11.1 Å². The van der Waals surface area contributed by atoms with Crippen LogP contribution in [0.2, 0.25) is 0 Å². The van der Waals surface area contributed by atoms with Crippen molar-refractivity contribution < 1.29 is 14.1 Å². The highest BCUT2D eigenvalue weighted by Gasteiger charge is 2.51. The SMILES string of the molecule is CCCCC[C@H]1CC[C@H](c2ccc(-c3ccc(C(=O)Nc4ccc(B5OC(C)(C)C(C)(C)O5)cc4)cc3)cc2)CC1. The lowest BCUT2D eigenvalue weighted by Gasteiger charge is -2.32. The topological polar surface area (TPSA) is 47.6 Å². The van der Waals surface area contributed by atoms with Crippen LogP contribution in [-0.2, 0) is 9.31 Å². The molecule has 3 aromatic carbocycles. The summed E-state index contributed by atoms with van der Waals surface area (Å²) in [7, 11) is -0.415. The summed E-state index contributed by atoms with van der Waals surface area (Å²) in [5.74, 6) is 1.51. The molecule has 2 fully saturated rings. The van der Waals surface area contributed by atoms with E-state index in [1.54, 1.807) is 0 Å². The lowest BCUT2D eigenvalue weighted by molar-refractivity contribution is 0.00578. The molecule has 1 aliphatic heterocycles. The molecule has 1 N–H and O–H groups in total. The van der Waals surface area contributed by atoms with Crippen LogP contribution in [-0.4, -0.2) is 24.2 Å². The Morgan fingerprint density at radius 2 is 1.34 bits per heavy atom. The van der Waals surface area contributed by atoms with E-state index in [0.717, 1.165) is 22.6 Å². The Kier molecular flexibility index (Phi) is 9.06. The van der Waals surface area contributed by atoms with Crippen LogP contribution in [0.3, 0.4) is 0 Å². The first kappa shape index (κ1) is 29.6. The van der Waals surface area contributed by atoms with Crippen molar-refractivity contribution >= 4 is 24.2 Å². The van der Waals surface area contributed by atoms with Crippen LogP contribution >= 0.6 is 0 Å². The average Bonchev–Trinajstić information content (AvgIpc) is 3.20. The number of nitrogens with one attached hydrogen (secondary N) is 1. The summed E-state index contributed by atoms with van der Waals surface area (Å²) in [5, 5.41) is 3.01. The Hall–Kier alpha value is -2.89. The first-order valence-corrected chi connectivity index (χ1v) is 15.6. The van der Waals surface area contributed by atoms with E-state index in [1.165, 1.54) is 62.5 Å². The monoisotopic (exact) mass is 551 g/mol. The zero-order valence-corrected chi connectivity index (χ0v) is 25.5. The molecule has 0 radical (unpaired) electrons. The van der Waals surface area contributed by atoms with Crippen molar-refractivity contribution in [1.29, 1.82) is 0 Å². The molecule has 4 nitrogen and oxygen atoms in total. The van der Waals surface area contributed by atoms with Gasteiger partial charge in [-0.3, -0.25) is 4.79 Å². The molecule has 5 heteroatoms. The number of amides is 1. The molecule has 0 unspecified atom stereocenters. The minimum absolute atomic E-state index is 0.124. The highest BCUT2D eigenvalue weighted by atomic mass is 16.7. The van der Waals surface area contributed by atoms with Gasteiger partial charge in [-0.25, -0.2) is 0 Å². The number of carbonyl (C=O) groups is 1. The van der Waals surface area contributed by atoms with Crippen molar-refractivity contribution in [3.63, 3.8) is 0 Å². The maximum absolute atomic E-state index is 12.9. The summed E-state index contributed by atoms with van der Waals surface area (Å²) < 4.78 is 12.3. The van der Waals surface area contributed by atoms with Gasteiger partial charge in [0.15, 0.2) is 0 Å². The lowest BCUT2D eigenvalue weighted by atomic mass is 9.77. The van der Waals surface area contributed by atoms with Gasteiger partial charge in [0.25, 0.3) is 5.91 Å². The number of benzene rings is 3. The number of anilines is 1. The van der Waals surface area contributed by atoms with Gasteiger partial charge in [-0.15, -0.1) is 0 Å². The normalized spacial score (nSPS) is 21.5. The fourth-order valence-corrected chi connectivity index (χ4v) is 6.14. The number of hydrogen-bond acceptors (Lipinski definition) is 3. The summed E-state index contributed by atoms with van der Waals surface area (Å²) in [6.45, 7) is 10.5. The molecule has 1 saturated heterocycles. The number of hydrogen-bond donors (Lipinski definition) is 1. The Morgan fingerprint density at radius 1 is 0.780 bits per heavy atom. The quantitative estimate of drug-likeness (QED) is 0.214. The Bertz CT molecular complexity index is 1270. The van der Waals surface area contributed by atoms with Gasteiger partial charge >= 0.3 is 7.12 Å². The summed E-state index contributed by atoms with van der Waals surface area (Å²) in [6, 6.07) is 24.6. The third kappa shape index (κ3) is 6.96. The molecule has 0 aromatic heterocycles. The predicted molar refractivity (Wildman–Crippen MR) is 171 cm³/mol. The van der Waals surface area contributed by atoms with Crippen LogP contribution in [0.1, 0.15) is 108 Å². The van der Waals surface area contributed by atoms with Crippen molar-refractivity contribution in [2.45, 2.75) is 103 Å². The molecule has 1 aliphatic carbocycles. The maximum Gasteiger partial charge on any atom is 0.494 e. The molecule has 216 valence electrons. The van der Waals surface area contributed by atoms with Gasteiger partial charge < -0.3 is 14.6 Å². The van der Waals surface area contributed by atoms with Gasteiger partial charge in [-0.05, 0) is 112 Å². The smallest absolute Gasteiger partial charge is 0.399 e. The second kappa shape index (κ2) is 12.5. The highest BCUT2D eigenvalue weighted by Crippen LogP contribution is 2.39. The first-order chi connectivity index (χ1) is 19.6. The molecule has 0 bridgehead atoms. The van der Waals surface area contributed by atoms with Crippen LogP contribution in [0, 0.1) is 5.92 Å². The third-order valence-electron chi connectivity index (χ3n) is 9.62. The van der Waals surface area contributed by atoms with Crippen LogP contribution in [0.5, 0.6) is 0 Å². The van der Waals surface area contributed by atoms with Gasteiger partial charge in [0, 0.05) is 11.3 Å². The Morgan fingerprint density at radius 3 is 1.90 bits per heavy atom. The van der Waals surface area contributed by atoms with Crippen molar-refractivity contribution in [3.05, 3.63) is 83.9 Å². The molecule has 2 aliphatic rings. The fourth-order valence-electron chi connectivity index (χ4n) is 6.14. The second-order valence-corrected chi connectivity index (χ2v) is 13.1. The van der Waals surface area contributed by atoms with E-state index < -0.39 is 7.12 Å². The standard InChI is InChI=1S/C36H46BNO3/c1-6-7-8-9-26-10-12-27(13-11-26)28-14-16-29(17-15-28)30-18-20-31(21-19-30)34(39)38-33-24-22-32(23-25-33)37-40-35(2,3)36(4,5)41-37/h14-27H,6-13H2,1-5H3,(H,38,39)/t26-,27-. The highest BCUT2D eigenvalue weighted by molar-refractivity contribution is 6.62. The molecule has 3 aromatic rings. The molecule has 1 heterocycles. The van der Waals surface area contributed by atoms with Gasteiger partial charge in [0.2, 0.25) is 0 Å². The van der Waals surface area contributed by atoms with E-state index in [1.807, 2.05) is 76.2 Å². The number of rotatable bonds is 9. The second-order valence-electron chi connectivity index (χ2n) is 13.1. The van der Waals surface area contributed by atoms with E-state index in [0.29, 0.717) is 11.5 Å². The van der Waals surface area contributed by atoms with Crippen molar-refractivity contribution in [2.75, 3.05) is 5.32 Å². The summed E-state index contributed by atoms with van der Waals surface area (Å²) in [6.07, 6.45) is 10.9. The summed E-state index contributed by atoms with van der Waals surface area (Å²) >= 11 is 0. The van der Waals surface area contributed by atoms with Gasteiger partial charge in [-0.2, -0.15) is 0 Å². The van der Waals surface area contributed by atoms with E-state index in [-0.39, 0.29) is 17.1 Å². The molecule has 0 atom stereocenters. The molecule has 41 heavy (non-hydrogen) atoms. The largest absolute Gasteiger partial charge is 0.494 e. The zero-order chi connectivity index (χ0) is 29.0. The van der Waals surface area contributed by atoms with Crippen LogP contribution in [0.4, 0.5) is 5.69 Å².